The highest BCUT2D eigenvalue weighted by molar-refractivity contribution is 5.94. The molecule has 0 aliphatic carbocycles. The molecule has 0 spiro atoms. The summed E-state index contributed by atoms with van der Waals surface area (Å²) in [6.07, 6.45) is 0. The van der Waals surface area contributed by atoms with E-state index in [1.54, 1.807) is 19.1 Å². The summed E-state index contributed by atoms with van der Waals surface area (Å²) in [5.41, 5.74) is 0.592. The molecule has 1 aliphatic heterocycles. The molecule has 1 amide bonds. The van der Waals surface area contributed by atoms with Crippen LogP contribution in [0, 0.1) is 6.92 Å². The fraction of sp³-hybridized carbons (Fsp3) is 0.400. The third-order valence-corrected chi connectivity index (χ3v) is 2.42. The predicted octanol–water partition coefficient (Wildman–Crippen LogP) is -0.615. The van der Waals surface area contributed by atoms with E-state index in [9.17, 15) is 9.59 Å². The Balaban J connectivity index is 2.14. The van der Waals surface area contributed by atoms with Crippen molar-refractivity contribution in [3.8, 4) is 0 Å². The standard InChI is InChI=1S/C10H13N3O2/c1-6-2-3-8(9(14)12-6)10(15)13-7-4-11-5-7/h2-3,7,11H,4-5H2,1H3,(H,12,14)(H,13,15). The van der Waals surface area contributed by atoms with Crippen LogP contribution < -0.4 is 16.2 Å². The van der Waals surface area contributed by atoms with Crippen LogP contribution in [0.15, 0.2) is 16.9 Å². The van der Waals surface area contributed by atoms with Gasteiger partial charge in [-0.2, -0.15) is 0 Å². The van der Waals surface area contributed by atoms with Crippen molar-refractivity contribution in [1.29, 1.82) is 0 Å². The Hall–Kier alpha value is -1.62. The van der Waals surface area contributed by atoms with Gasteiger partial charge in [-0.1, -0.05) is 0 Å². The molecule has 0 radical (unpaired) electrons. The first-order valence-corrected chi connectivity index (χ1v) is 4.88. The van der Waals surface area contributed by atoms with E-state index in [0.29, 0.717) is 0 Å². The number of aromatic nitrogens is 1. The molecule has 1 aromatic rings. The molecule has 5 nitrogen and oxygen atoms in total. The van der Waals surface area contributed by atoms with Crippen molar-refractivity contribution in [2.75, 3.05) is 13.1 Å². The number of pyridine rings is 1. The fourth-order valence-electron chi connectivity index (χ4n) is 1.40. The number of aryl methyl sites for hydroxylation is 1. The third kappa shape index (κ3) is 2.07. The number of hydrogen-bond acceptors (Lipinski definition) is 3. The zero-order chi connectivity index (χ0) is 10.8. The molecule has 80 valence electrons. The van der Waals surface area contributed by atoms with Crippen molar-refractivity contribution >= 4 is 5.91 Å². The zero-order valence-corrected chi connectivity index (χ0v) is 8.46. The molecule has 1 saturated heterocycles. The van der Waals surface area contributed by atoms with Gasteiger partial charge >= 0.3 is 0 Å². The van der Waals surface area contributed by atoms with Crippen molar-refractivity contribution in [1.82, 2.24) is 15.6 Å². The van der Waals surface area contributed by atoms with Gasteiger partial charge in [-0.25, -0.2) is 0 Å². The number of amides is 1. The third-order valence-electron chi connectivity index (χ3n) is 2.42. The molecule has 1 aliphatic rings. The van der Waals surface area contributed by atoms with Crippen LogP contribution in [0.3, 0.4) is 0 Å². The fourth-order valence-corrected chi connectivity index (χ4v) is 1.40. The number of nitrogens with one attached hydrogen (secondary N) is 3. The lowest BCUT2D eigenvalue weighted by atomic mass is 10.1. The van der Waals surface area contributed by atoms with Gasteiger partial charge in [0, 0.05) is 18.8 Å². The van der Waals surface area contributed by atoms with Crippen molar-refractivity contribution < 1.29 is 4.79 Å². The number of H-pyrrole nitrogens is 1. The minimum Gasteiger partial charge on any atom is -0.347 e. The minimum atomic E-state index is -0.334. The summed E-state index contributed by atoms with van der Waals surface area (Å²) in [5.74, 6) is -0.303. The van der Waals surface area contributed by atoms with E-state index in [-0.39, 0.29) is 23.1 Å². The first kappa shape index (κ1) is 9.92. The molecule has 0 atom stereocenters. The molecule has 0 aromatic carbocycles. The monoisotopic (exact) mass is 207 g/mol. The van der Waals surface area contributed by atoms with Gasteiger partial charge in [-0.15, -0.1) is 0 Å². The minimum absolute atomic E-state index is 0.151. The number of hydrogen-bond donors (Lipinski definition) is 3. The van der Waals surface area contributed by atoms with Gasteiger partial charge in [0.15, 0.2) is 0 Å². The molecule has 0 saturated carbocycles. The Morgan fingerprint density at radius 2 is 2.20 bits per heavy atom. The second-order valence-corrected chi connectivity index (χ2v) is 3.71. The highest BCUT2D eigenvalue weighted by atomic mass is 16.2. The second kappa shape index (κ2) is 3.86. The van der Waals surface area contributed by atoms with Gasteiger partial charge in [0.2, 0.25) is 0 Å². The highest BCUT2D eigenvalue weighted by Crippen LogP contribution is 1.96. The molecular weight excluding hydrogens is 194 g/mol. The normalized spacial score (nSPS) is 15.8. The van der Waals surface area contributed by atoms with Gasteiger partial charge in [0.05, 0.1) is 6.04 Å². The maximum atomic E-state index is 11.6. The number of carbonyl (C=O) groups excluding carboxylic acids is 1. The molecule has 2 heterocycles. The quantitative estimate of drug-likeness (QED) is 0.605. The van der Waals surface area contributed by atoms with Crippen LogP contribution in [0.1, 0.15) is 16.1 Å². The smallest absolute Gasteiger partial charge is 0.260 e. The Morgan fingerprint density at radius 1 is 1.47 bits per heavy atom. The Labute approximate surface area is 86.9 Å². The van der Waals surface area contributed by atoms with Gasteiger partial charge in [0.25, 0.3) is 11.5 Å². The average molecular weight is 207 g/mol. The zero-order valence-electron chi connectivity index (χ0n) is 8.46. The molecular formula is C10H13N3O2. The van der Waals surface area contributed by atoms with E-state index in [2.05, 4.69) is 15.6 Å². The van der Waals surface area contributed by atoms with Gasteiger partial charge in [-0.3, -0.25) is 9.59 Å². The molecule has 1 aromatic heterocycles. The van der Waals surface area contributed by atoms with Gasteiger partial charge < -0.3 is 15.6 Å². The Morgan fingerprint density at radius 3 is 2.73 bits per heavy atom. The lowest BCUT2D eigenvalue weighted by molar-refractivity contribution is 0.0922. The van der Waals surface area contributed by atoms with E-state index in [0.717, 1.165) is 18.8 Å². The van der Waals surface area contributed by atoms with E-state index in [1.165, 1.54) is 0 Å². The molecule has 5 heteroatoms. The molecule has 0 unspecified atom stereocenters. The van der Waals surface area contributed by atoms with Crippen molar-refractivity contribution in [2.24, 2.45) is 0 Å². The van der Waals surface area contributed by atoms with Crippen LogP contribution in [0.5, 0.6) is 0 Å². The summed E-state index contributed by atoms with van der Waals surface area (Å²) in [6.45, 7) is 3.32. The molecule has 2 rings (SSSR count). The Bertz CT molecular complexity index is 435. The van der Waals surface area contributed by atoms with E-state index in [4.69, 9.17) is 0 Å². The maximum Gasteiger partial charge on any atom is 0.260 e. The Kier molecular flexibility index (Phi) is 2.55. The van der Waals surface area contributed by atoms with Gasteiger partial charge in [-0.05, 0) is 19.1 Å². The summed E-state index contributed by atoms with van der Waals surface area (Å²) in [6, 6.07) is 3.42. The molecule has 3 N–H and O–H groups in total. The van der Waals surface area contributed by atoms with Crippen LogP contribution in [-0.4, -0.2) is 30.0 Å². The molecule has 15 heavy (non-hydrogen) atoms. The van der Waals surface area contributed by atoms with Gasteiger partial charge in [0.1, 0.15) is 5.56 Å². The van der Waals surface area contributed by atoms with Crippen LogP contribution in [0.25, 0.3) is 0 Å². The predicted molar refractivity (Wildman–Crippen MR) is 55.9 cm³/mol. The lowest BCUT2D eigenvalue weighted by Crippen LogP contribution is -2.57. The van der Waals surface area contributed by atoms with Crippen LogP contribution in [0.2, 0.25) is 0 Å². The lowest BCUT2D eigenvalue weighted by Gasteiger charge is -2.27. The van der Waals surface area contributed by atoms with Crippen LogP contribution >= 0.6 is 0 Å². The highest BCUT2D eigenvalue weighted by Gasteiger charge is 2.20. The summed E-state index contributed by atoms with van der Waals surface area (Å²) >= 11 is 0. The molecule has 0 bridgehead atoms. The van der Waals surface area contributed by atoms with E-state index < -0.39 is 0 Å². The number of aromatic amines is 1. The first-order chi connectivity index (χ1) is 7.16. The van der Waals surface area contributed by atoms with E-state index >= 15 is 0 Å². The summed E-state index contributed by atoms with van der Waals surface area (Å²) < 4.78 is 0. The van der Waals surface area contributed by atoms with Crippen molar-refractivity contribution in [3.63, 3.8) is 0 Å². The second-order valence-electron chi connectivity index (χ2n) is 3.71. The van der Waals surface area contributed by atoms with Crippen LogP contribution in [-0.2, 0) is 0 Å². The maximum absolute atomic E-state index is 11.6. The van der Waals surface area contributed by atoms with Crippen molar-refractivity contribution in [3.05, 3.63) is 33.7 Å². The first-order valence-electron chi connectivity index (χ1n) is 4.88. The van der Waals surface area contributed by atoms with Crippen LogP contribution in [0.4, 0.5) is 0 Å². The summed E-state index contributed by atoms with van der Waals surface area (Å²) in [4.78, 5) is 25.7. The summed E-state index contributed by atoms with van der Waals surface area (Å²) in [5, 5.41) is 5.81. The SMILES string of the molecule is Cc1ccc(C(=O)NC2CNC2)c(=O)[nH]1. The number of carbonyl (C=O) groups is 1. The van der Waals surface area contributed by atoms with Crippen molar-refractivity contribution in [2.45, 2.75) is 13.0 Å². The average Bonchev–Trinajstić information content (AvgIpc) is 2.11. The van der Waals surface area contributed by atoms with E-state index in [1.807, 2.05) is 0 Å². The largest absolute Gasteiger partial charge is 0.347 e. The molecule has 1 fully saturated rings. The number of rotatable bonds is 2. The topological polar surface area (TPSA) is 74.0 Å². The summed E-state index contributed by atoms with van der Waals surface area (Å²) in [7, 11) is 0.